The maximum absolute atomic E-state index is 11.3. The molecule has 2 heterocycles. The lowest BCUT2D eigenvalue weighted by Gasteiger charge is -2.06. The lowest BCUT2D eigenvalue weighted by atomic mass is 10.1. The molecule has 0 saturated carbocycles. The zero-order valence-corrected chi connectivity index (χ0v) is 9.54. The molecule has 0 saturated heterocycles. The van der Waals surface area contributed by atoms with Gasteiger partial charge in [0.15, 0.2) is 11.5 Å². The van der Waals surface area contributed by atoms with Crippen LogP contribution in [-0.2, 0) is 0 Å². The van der Waals surface area contributed by atoms with Crippen molar-refractivity contribution in [2.45, 2.75) is 0 Å². The van der Waals surface area contributed by atoms with E-state index < -0.39 is 11.7 Å². The average Bonchev–Trinajstić information content (AvgIpc) is 2.85. The number of fused-ring (bicyclic) bond motifs is 1. The lowest BCUT2D eigenvalue weighted by molar-refractivity contribution is 0.0697. The van der Waals surface area contributed by atoms with Crippen LogP contribution in [0.4, 0.5) is 0 Å². The minimum absolute atomic E-state index is 0.0848. The van der Waals surface area contributed by atoms with Crippen molar-refractivity contribution in [1.29, 1.82) is 0 Å². The molecule has 0 unspecified atom stereocenters. The summed E-state index contributed by atoms with van der Waals surface area (Å²) < 4.78 is 10.4. The van der Waals surface area contributed by atoms with Gasteiger partial charge in [0.05, 0.1) is 5.69 Å². The van der Waals surface area contributed by atoms with Crippen molar-refractivity contribution in [3.8, 4) is 22.8 Å². The summed E-state index contributed by atoms with van der Waals surface area (Å²) in [4.78, 5) is 28.2. The number of ether oxygens (including phenoxy) is 2. The van der Waals surface area contributed by atoms with E-state index in [0.717, 1.165) is 6.20 Å². The van der Waals surface area contributed by atoms with Crippen LogP contribution in [0.25, 0.3) is 11.3 Å². The summed E-state index contributed by atoms with van der Waals surface area (Å²) in [5.74, 6) is -0.0834. The van der Waals surface area contributed by atoms with Crippen LogP contribution in [-0.4, -0.2) is 27.8 Å². The summed E-state index contributed by atoms with van der Waals surface area (Å²) >= 11 is 0. The quantitative estimate of drug-likeness (QED) is 0.830. The molecule has 0 atom stereocenters. The van der Waals surface area contributed by atoms with Crippen molar-refractivity contribution in [3.63, 3.8) is 0 Å². The first-order valence-corrected chi connectivity index (χ1v) is 5.38. The monoisotopic (exact) mass is 260 g/mol. The molecule has 96 valence electrons. The van der Waals surface area contributed by atoms with Gasteiger partial charge in [0.25, 0.3) is 0 Å². The highest BCUT2D eigenvalue weighted by atomic mass is 16.7. The Morgan fingerprint density at radius 3 is 2.89 bits per heavy atom. The van der Waals surface area contributed by atoms with Crippen molar-refractivity contribution in [2.24, 2.45) is 0 Å². The van der Waals surface area contributed by atoms with Crippen LogP contribution < -0.4 is 15.2 Å². The number of aromatic carboxylic acids is 1. The Labute approximate surface area is 106 Å². The molecule has 1 aliphatic heterocycles. The molecule has 1 aromatic heterocycles. The van der Waals surface area contributed by atoms with Crippen LogP contribution in [0.3, 0.4) is 0 Å². The van der Waals surface area contributed by atoms with Crippen LogP contribution in [0.2, 0.25) is 0 Å². The number of aromatic amines is 1. The highest BCUT2D eigenvalue weighted by molar-refractivity contribution is 5.94. The van der Waals surface area contributed by atoms with Gasteiger partial charge in [-0.15, -0.1) is 0 Å². The zero-order valence-electron chi connectivity index (χ0n) is 9.54. The fourth-order valence-corrected chi connectivity index (χ4v) is 1.84. The lowest BCUT2D eigenvalue weighted by Crippen LogP contribution is -2.14. The van der Waals surface area contributed by atoms with E-state index in [0.29, 0.717) is 17.1 Å². The second kappa shape index (κ2) is 4.13. The Morgan fingerprint density at radius 2 is 2.11 bits per heavy atom. The molecule has 2 N–H and O–H groups in total. The Kier molecular flexibility index (Phi) is 2.45. The third-order valence-corrected chi connectivity index (χ3v) is 2.70. The molecule has 0 bridgehead atoms. The topological polar surface area (TPSA) is 102 Å². The molecule has 0 spiro atoms. The van der Waals surface area contributed by atoms with Crippen molar-refractivity contribution < 1.29 is 19.4 Å². The smallest absolute Gasteiger partial charge is 0.345 e. The standard InChI is InChI=1S/C12H8N2O5/c15-11(16)7-4-13-12(17)14-10(7)6-1-2-8-9(3-6)19-5-18-8/h1-4H,5H2,(H,15,16)(H,13,14,17). The van der Waals surface area contributed by atoms with E-state index in [1.807, 2.05) is 0 Å². The van der Waals surface area contributed by atoms with E-state index in [4.69, 9.17) is 14.6 Å². The van der Waals surface area contributed by atoms with E-state index in [9.17, 15) is 9.59 Å². The molecular weight excluding hydrogens is 252 g/mol. The van der Waals surface area contributed by atoms with Crippen LogP contribution in [0.5, 0.6) is 11.5 Å². The molecule has 0 aliphatic carbocycles. The molecule has 0 radical (unpaired) electrons. The molecule has 2 aromatic rings. The molecular formula is C12H8N2O5. The number of hydrogen-bond acceptors (Lipinski definition) is 5. The van der Waals surface area contributed by atoms with Crippen LogP contribution in [0, 0.1) is 0 Å². The zero-order chi connectivity index (χ0) is 13.4. The molecule has 3 rings (SSSR count). The largest absolute Gasteiger partial charge is 0.478 e. The van der Waals surface area contributed by atoms with E-state index in [1.165, 1.54) is 0 Å². The summed E-state index contributed by atoms with van der Waals surface area (Å²) in [5.41, 5.74) is 0.00285. The van der Waals surface area contributed by atoms with Crippen molar-refractivity contribution in [3.05, 3.63) is 40.4 Å². The van der Waals surface area contributed by atoms with Crippen molar-refractivity contribution >= 4 is 5.97 Å². The summed E-state index contributed by atoms with van der Waals surface area (Å²) in [6.07, 6.45) is 1.03. The van der Waals surface area contributed by atoms with Gasteiger partial charge in [0.1, 0.15) is 5.56 Å². The first kappa shape index (κ1) is 11.3. The molecule has 0 fully saturated rings. The number of hydrogen-bond donors (Lipinski definition) is 2. The van der Waals surface area contributed by atoms with E-state index in [1.54, 1.807) is 18.2 Å². The summed E-state index contributed by atoms with van der Waals surface area (Å²) in [6, 6.07) is 4.91. The molecule has 0 amide bonds. The number of aromatic nitrogens is 2. The van der Waals surface area contributed by atoms with E-state index in [-0.39, 0.29) is 18.1 Å². The highest BCUT2D eigenvalue weighted by Gasteiger charge is 2.18. The molecule has 19 heavy (non-hydrogen) atoms. The Balaban J connectivity index is 2.18. The molecule has 7 nitrogen and oxygen atoms in total. The number of carbonyl (C=O) groups is 1. The molecule has 1 aliphatic rings. The Morgan fingerprint density at radius 1 is 1.32 bits per heavy atom. The van der Waals surface area contributed by atoms with Crippen LogP contribution in [0.1, 0.15) is 10.4 Å². The van der Waals surface area contributed by atoms with Gasteiger partial charge in [-0.1, -0.05) is 0 Å². The predicted molar refractivity (Wildman–Crippen MR) is 63.4 cm³/mol. The maximum atomic E-state index is 11.3. The van der Waals surface area contributed by atoms with Crippen molar-refractivity contribution in [2.75, 3.05) is 6.79 Å². The number of benzene rings is 1. The first-order chi connectivity index (χ1) is 9.15. The van der Waals surface area contributed by atoms with Gasteiger partial charge in [-0.05, 0) is 18.2 Å². The number of rotatable bonds is 2. The number of nitrogens with one attached hydrogen (secondary N) is 1. The number of H-pyrrole nitrogens is 1. The minimum Gasteiger partial charge on any atom is -0.478 e. The average molecular weight is 260 g/mol. The van der Waals surface area contributed by atoms with Crippen LogP contribution in [0.15, 0.2) is 29.2 Å². The SMILES string of the molecule is O=C(O)c1cnc(=O)[nH]c1-c1ccc2c(c1)OCO2. The normalized spacial score (nSPS) is 12.4. The maximum Gasteiger partial charge on any atom is 0.345 e. The minimum atomic E-state index is -1.17. The fraction of sp³-hybridized carbons (Fsp3) is 0.0833. The predicted octanol–water partition coefficient (Wildman–Crippen LogP) is 0.864. The fourth-order valence-electron chi connectivity index (χ4n) is 1.84. The Bertz CT molecular complexity index is 722. The number of nitrogens with zero attached hydrogens (tertiary/aromatic N) is 1. The van der Waals surface area contributed by atoms with Gasteiger partial charge in [-0.25, -0.2) is 14.6 Å². The summed E-state index contributed by atoms with van der Waals surface area (Å²) in [5, 5.41) is 9.09. The third kappa shape index (κ3) is 1.90. The number of carboxylic acids is 1. The molecule has 1 aromatic carbocycles. The van der Waals surface area contributed by atoms with Gasteiger partial charge in [-0.3, -0.25) is 0 Å². The van der Waals surface area contributed by atoms with Gasteiger partial charge < -0.3 is 19.6 Å². The third-order valence-electron chi connectivity index (χ3n) is 2.70. The van der Waals surface area contributed by atoms with E-state index in [2.05, 4.69) is 9.97 Å². The second-order valence-electron chi connectivity index (χ2n) is 3.85. The first-order valence-electron chi connectivity index (χ1n) is 5.38. The van der Waals surface area contributed by atoms with Gasteiger partial charge in [0.2, 0.25) is 6.79 Å². The van der Waals surface area contributed by atoms with E-state index >= 15 is 0 Å². The Hall–Kier alpha value is -2.83. The van der Waals surface area contributed by atoms with Crippen LogP contribution >= 0.6 is 0 Å². The highest BCUT2D eigenvalue weighted by Crippen LogP contribution is 2.35. The molecule has 7 heteroatoms. The van der Waals surface area contributed by atoms with Gasteiger partial charge >= 0.3 is 11.7 Å². The second-order valence-corrected chi connectivity index (χ2v) is 3.85. The summed E-state index contributed by atoms with van der Waals surface area (Å²) in [7, 11) is 0. The summed E-state index contributed by atoms with van der Waals surface area (Å²) in [6.45, 7) is 0.122. The van der Waals surface area contributed by atoms with Gasteiger partial charge in [0, 0.05) is 11.8 Å². The van der Waals surface area contributed by atoms with Gasteiger partial charge in [-0.2, -0.15) is 0 Å². The number of carboxylic acid groups (broad SMARTS) is 1. The van der Waals surface area contributed by atoms with Crippen molar-refractivity contribution in [1.82, 2.24) is 9.97 Å².